The number of hydrogen-bond acceptors (Lipinski definition) is 4. The summed E-state index contributed by atoms with van der Waals surface area (Å²) in [4.78, 5) is 28.9. The first-order valence-electron chi connectivity index (χ1n) is 11.8. The third-order valence-corrected chi connectivity index (χ3v) is 5.68. The van der Waals surface area contributed by atoms with E-state index < -0.39 is 6.04 Å². The number of nitrogens with one attached hydrogen (secondary N) is 1. The molecule has 3 aromatic carbocycles. The first-order chi connectivity index (χ1) is 16.9. The molecule has 1 N–H and O–H groups in total. The van der Waals surface area contributed by atoms with Crippen LogP contribution in [0.5, 0.6) is 11.5 Å². The molecule has 0 spiro atoms. The van der Waals surface area contributed by atoms with Crippen LogP contribution in [0.15, 0.2) is 78.9 Å². The second-order valence-electron chi connectivity index (χ2n) is 8.83. The quantitative estimate of drug-likeness (QED) is 0.434. The molecule has 3 aromatic rings. The monoisotopic (exact) mass is 474 g/mol. The lowest BCUT2D eigenvalue weighted by Gasteiger charge is -2.32. The van der Waals surface area contributed by atoms with Crippen molar-refractivity contribution in [3.8, 4) is 11.5 Å². The molecule has 0 unspecified atom stereocenters. The van der Waals surface area contributed by atoms with Gasteiger partial charge in [0, 0.05) is 13.1 Å². The number of rotatable bonds is 11. The lowest BCUT2D eigenvalue weighted by atomic mass is 10.0. The molecule has 0 saturated heterocycles. The highest BCUT2D eigenvalue weighted by atomic mass is 16.5. The lowest BCUT2D eigenvalue weighted by molar-refractivity contribution is -0.141. The van der Waals surface area contributed by atoms with Crippen molar-refractivity contribution in [3.05, 3.63) is 95.6 Å². The topological polar surface area (TPSA) is 67.9 Å². The lowest BCUT2D eigenvalue weighted by Crippen LogP contribution is -2.44. The van der Waals surface area contributed by atoms with Gasteiger partial charge in [0.1, 0.15) is 6.04 Å². The Balaban J connectivity index is 1.98. The summed E-state index contributed by atoms with van der Waals surface area (Å²) in [5.41, 5.74) is 2.50. The maximum Gasteiger partial charge on any atom is 0.247 e. The highest BCUT2D eigenvalue weighted by Crippen LogP contribution is 2.29. The molecule has 1 atom stereocenters. The van der Waals surface area contributed by atoms with Crippen LogP contribution in [0.1, 0.15) is 36.6 Å². The Hall–Kier alpha value is -3.80. The summed E-state index contributed by atoms with van der Waals surface area (Å²) in [6, 6.07) is 23.8. The summed E-state index contributed by atoms with van der Waals surface area (Å²) in [7, 11) is 3.14. The van der Waals surface area contributed by atoms with E-state index in [2.05, 4.69) is 5.32 Å². The molecule has 0 saturated carbocycles. The van der Waals surface area contributed by atoms with Crippen molar-refractivity contribution in [2.75, 3.05) is 20.8 Å². The first-order valence-corrected chi connectivity index (χ1v) is 11.8. The van der Waals surface area contributed by atoms with Gasteiger partial charge in [0.15, 0.2) is 11.5 Å². The van der Waals surface area contributed by atoms with Crippen LogP contribution in [0.4, 0.5) is 0 Å². The number of carbonyl (C=O) groups excluding carboxylic acids is 2. The Labute approximate surface area is 207 Å². The van der Waals surface area contributed by atoms with Gasteiger partial charge in [-0.15, -0.1) is 0 Å². The molecule has 35 heavy (non-hydrogen) atoms. The normalized spacial score (nSPS) is 11.6. The molecule has 6 nitrogen and oxygen atoms in total. The largest absolute Gasteiger partial charge is 0.493 e. The van der Waals surface area contributed by atoms with E-state index in [1.54, 1.807) is 31.3 Å². The van der Waals surface area contributed by atoms with Crippen molar-refractivity contribution in [1.29, 1.82) is 0 Å². The van der Waals surface area contributed by atoms with Crippen LogP contribution in [-0.4, -0.2) is 37.5 Å². The SMILES string of the molecule is COc1ccc(CC(=O)N(Cc2ccccc2)[C@H](C(=O)NCC(C)C)c2ccccc2)cc1OC. The number of carbonyl (C=O) groups is 2. The van der Waals surface area contributed by atoms with Crippen LogP contribution >= 0.6 is 0 Å². The van der Waals surface area contributed by atoms with Crippen LogP contribution in [0.2, 0.25) is 0 Å². The average Bonchev–Trinajstić information content (AvgIpc) is 2.88. The maximum atomic E-state index is 13.8. The van der Waals surface area contributed by atoms with Gasteiger partial charge in [-0.25, -0.2) is 0 Å². The third-order valence-electron chi connectivity index (χ3n) is 5.68. The fourth-order valence-corrected chi connectivity index (χ4v) is 3.88. The Kier molecular flexibility index (Phi) is 9.30. The Bertz CT molecular complexity index is 1100. The zero-order valence-electron chi connectivity index (χ0n) is 20.9. The van der Waals surface area contributed by atoms with Gasteiger partial charge in [-0.3, -0.25) is 9.59 Å². The molecular weight excluding hydrogens is 440 g/mol. The van der Waals surface area contributed by atoms with Gasteiger partial charge >= 0.3 is 0 Å². The number of ether oxygens (including phenoxy) is 2. The Morgan fingerprint density at radius 3 is 2.06 bits per heavy atom. The molecule has 0 radical (unpaired) electrons. The van der Waals surface area contributed by atoms with E-state index in [4.69, 9.17) is 9.47 Å². The van der Waals surface area contributed by atoms with Crippen LogP contribution in [0.3, 0.4) is 0 Å². The summed E-state index contributed by atoms with van der Waals surface area (Å²) < 4.78 is 10.7. The van der Waals surface area contributed by atoms with E-state index in [9.17, 15) is 9.59 Å². The highest BCUT2D eigenvalue weighted by molar-refractivity contribution is 5.89. The van der Waals surface area contributed by atoms with Gasteiger partial charge in [-0.2, -0.15) is 0 Å². The Morgan fingerprint density at radius 2 is 1.46 bits per heavy atom. The fourth-order valence-electron chi connectivity index (χ4n) is 3.88. The number of benzene rings is 3. The molecule has 0 bridgehead atoms. The van der Waals surface area contributed by atoms with E-state index in [-0.39, 0.29) is 18.2 Å². The fraction of sp³-hybridized carbons (Fsp3) is 0.310. The molecule has 0 aromatic heterocycles. The summed E-state index contributed by atoms with van der Waals surface area (Å²) in [5, 5.41) is 3.03. The van der Waals surface area contributed by atoms with E-state index in [0.29, 0.717) is 30.5 Å². The van der Waals surface area contributed by atoms with Crippen molar-refractivity contribution >= 4 is 11.8 Å². The average molecular weight is 475 g/mol. The molecule has 0 aliphatic rings. The molecule has 0 fully saturated rings. The molecule has 184 valence electrons. The molecule has 2 amide bonds. The summed E-state index contributed by atoms with van der Waals surface area (Å²) in [6.45, 7) is 4.93. The third kappa shape index (κ3) is 7.09. The minimum absolute atomic E-state index is 0.119. The summed E-state index contributed by atoms with van der Waals surface area (Å²) in [5.74, 6) is 1.10. The van der Waals surface area contributed by atoms with Crippen molar-refractivity contribution in [2.24, 2.45) is 5.92 Å². The first kappa shape index (κ1) is 25.8. The van der Waals surface area contributed by atoms with E-state index in [1.807, 2.05) is 80.6 Å². The molecule has 6 heteroatoms. The predicted octanol–water partition coefficient (Wildman–Crippen LogP) is 4.79. The van der Waals surface area contributed by atoms with Gasteiger partial charge in [0.2, 0.25) is 11.8 Å². The van der Waals surface area contributed by atoms with Crippen LogP contribution < -0.4 is 14.8 Å². The second-order valence-corrected chi connectivity index (χ2v) is 8.83. The van der Waals surface area contributed by atoms with E-state index >= 15 is 0 Å². The van der Waals surface area contributed by atoms with Crippen LogP contribution in [-0.2, 0) is 22.6 Å². The van der Waals surface area contributed by atoms with Gasteiger partial charge in [-0.1, -0.05) is 80.6 Å². The van der Waals surface area contributed by atoms with E-state index in [0.717, 1.165) is 16.7 Å². The second kappa shape index (κ2) is 12.6. The Morgan fingerprint density at radius 1 is 0.829 bits per heavy atom. The summed E-state index contributed by atoms with van der Waals surface area (Å²) in [6.07, 6.45) is 0.119. The highest BCUT2D eigenvalue weighted by Gasteiger charge is 2.31. The van der Waals surface area contributed by atoms with Crippen molar-refractivity contribution < 1.29 is 19.1 Å². The molecule has 0 aliphatic heterocycles. The van der Waals surface area contributed by atoms with Crippen LogP contribution in [0.25, 0.3) is 0 Å². The van der Waals surface area contributed by atoms with Gasteiger partial charge in [0.25, 0.3) is 0 Å². The zero-order valence-corrected chi connectivity index (χ0v) is 20.9. The van der Waals surface area contributed by atoms with Crippen molar-refractivity contribution in [2.45, 2.75) is 32.9 Å². The number of hydrogen-bond donors (Lipinski definition) is 1. The van der Waals surface area contributed by atoms with Crippen molar-refractivity contribution in [3.63, 3.8) is 0 Å². The van der Waals surface area contributed by atoms with Gasteiger partial charge in [0.05, 0.1) is 20.6 Å². The minimum Gasteiger partial charge on any atom is -0.493 e. The van der Waals surface area contributed by atoms with Crippen molar-refractivity contribution in [1.82, 2.24) is 10.2 Å². The standard InChI is InChI=1S/C29H34N2O4/c1-21(2)19-30-29(33)28(24-13-9-6-10-14-24)31(20-22-11-7-5-8-12-22)27(32)18-23-15-16-25(34-3)26(17-23)35-4/h5-17,21,28H,18-20H2,1-4H3,(H,30,33)/t28-/m0/s1. The molecule has 0 aliphatic carbocycles. The van der Waals surface area contributed by atoms with Gasteiger partial charge < -0.3 is 19.7 Å². The maximum absolute atomic E-state index is 13.8. The number of nitrogens with zero attached hydrogens (tertiary/aromatic N) is 1. The zero-order chi connectivity index (χ0) is 25.2. The molecule has 0 heterocycles. The predicted molar refractivity (Wildman–Crippen MR) is 137 cm³/mol. The number of amides is 2. The minimum atomic E-state index is -0.761. The summed E-state index contributed by atoms with van der Waals surface area (Å²) >= 11 is 0. The van der Waals surface area contributed by atoms with Crippen LogP contribution in [0, 0.1) is 5.92 Å². The van der Waals surface area contributed by atoms with E-state index in [1.165, 1.54) is 0 Å². The molecular formula is C29H34N2O4. The molecule has 3 rings (SSSR count). The van der Waals surface area contributed by atoms with Gasteiger partial charge in [-0.05, 0) is 34.7 Å². The number of methoxy groups -OCH3 is 2. The smallest absolute Gasteiger partial charge is 0.247 e.